The Morgan fingerprint density at radius 3 is 2.74 bits per heavy atom. The van der Waals surface area contributed by atoms with Gasteiger partial charge in [-0.3, -0.25) is 10.1 Å². The number of carbonyl (C=O) groups excluding carboxylic acids is 1. The van der Waals surface area contributed by atoms with Crippen LogP contribution in [0.25, 0.3) is 22.6 Å². The minimum atomic E-state index is -0.412. The van der Waals surface area contributed by atoms with Crippen LogP contribution in [0.2, 0.25) is 0 Å². The van der Waals surface area contributed by atoms with Crippen LogP contribution in [0.5, 0.6) is 0 Å². The van der Waals surface area contributed by atoms with Crippen molar-refractivity contribution in [2.75, 3.05) is 5.32 Å². The topological polar surface area (TPSA) is 80.3 Å². The molecule has 2 heterocycles. The molecule has 0 saturated heterocycles. The Bertz CT molecular complexity index is 1100. The van der Waals surface area contributed by atoms with Gasteiger partial charge in [0.05, 0.1) is 6.26 Å². The van der Waals surface area contributed by atoms with Crippen molar-refractivity contribution in [2.24, 2.45) is 0 Å². The molecular weight excluding hydrogens is 362 g/mol. The number of hydrogen-bond donors (Lipinski definition) is 2. The molecule has 7 heteroatoms. The van der Waals surface area contributed by atoms with Gasteiger partial charge in [-0.25, -0.2) is 4.98 Å². The van der Waals surface area contributed by atoms with E-state index in [1.807, 2.05) is 49.4 Å². The second-order valence-electron chi connectivity index (χ2n) is 5.90. The molecule has 6 nitrogen and oxygen atoms in total. The number of furan rings is 1. The molecule has 2 aromatic carbocycles. The van der Waals surface area contributed by atoms with Crippen molar-refractivity contribution in [3.8, 4) is 11.5 Å². The van der Waals surface area contributed by atoms with Crippen molar-refractivity contribution in [2.45, 2.75) is 6.92 Å². The SMILES string of the molecule is Cc1ccc(-c2nc3ccccc3o2)cc1NC(=S)NC(=O)c1ccco1. The molecular formula is C20H15N3O3S. The molecule has 0 atom stereocenters. The van der Waals surface area contributed by atoms with Crippen LogP contribution in [0, 0.1) is 6.92 Å². The highest BCUT2D eigenvalue weighted by Gasteiger charge is 2.13. The molecule has 2 N–H and O–H groups in total. The molecule has 0 aliphatic rings. The maximum absolute atomic E-state index is 12.0. The first-order valence-corrected chi connectivity index (χ1v) is 8.63. The zero-order valence-corrected chi connectivity index (χ0v) is 15.2. The first kappa shape index (κ1) is 17.0. The molecule has 0 unspecified atom stereocenters. The molecule has 0 radical (unpaired) electrons. The van der Waals surface area contributed by atoms with Gasteiger partial charge in [0, 0.05) is 11.3 Å². The van der Waals surface area contributed by atoms with Gasteiger partial charge in [-0.15, -0.1) is 0 Å². The molecule has 2 aromatic heterocycles. The number of oxazole rings is 1. The van der Waals surface area contributed by atoms with Crippen molar-refractivity contribution in [1.82, 2.24) is 10.3 Å². The Kier molecular flexibility index (Phi) is 4.43. The van der Waals surface area contributed by atoms with E-state index in [-0.39, 0.29) is 10.9 Å². The average Bonchev–Trinajstić information content (AvgIpc) is 3.33. The number of thiocarbonyl (C=S) groups is 1. The molecule has 0 aliphatic carbocycles. The number of fused-ring (bicyclic) bond motifs is 1. The molecule has 0 aliphatic heterocycles. The van der Waals surface area contributed by atoms with E-state index in [0.717, 1.165) is 27.9 Å². The van der Waals surface area contributed by atoms with Gasteiger partial charge in [0.1, 0.15) is 5.52 Å². The van der Waals surface area contributed by atoms with Gasteiger partial charge in [-0.1, -0.05) is 18.2 Å². The summed E-state index contributed by atoms with van der Waals surface area (Å²) in [5.41, 5.74) is 4.04. The van der Waals surface area contributed by atoms with E-state index in [9.17, 15) is 4.79 Å². The van der Waals surface area contributed by atoms with Crippen molar-refractivity contribution >= 4 is 40.0 Å². The van der Waals surface area contributed by atoms with Crippen LogP contribution in [0.4, 0.5) is 5.69 Å². The standard InChI is InChI=1S/C20H15N3O3S/c1-12-8-9-13(19-21-14-5-2-3-6-16(14)26-19)11-15(12)22-20(27)23-18(24)17-7-4-10-25-17/h2-11H,1H3,(H2,22,23,24,27). The highest BCUT2D eigenvalue weighted by Crippen LogP contribution is 2.27. The van der Waals surface area contributed by atoms with E-state index >= 15 is 0 Å². The monoisotopic (exact) mass is 377 g/mol. The summed E-state index contributed by atoms with van der Waals surface area (Å²) in [6.45, 7) is 1.94. The van der Waals surface area contributed by atoms with Gasteiger partial charge in [-0.2, -0.15) is 0 Å². The van der Waals surface area contributed by atoms with Gasteiger partial charge in [0.25, 0.3) is 5.91 Å². The Morgan fingerprint density at radius 2 is 1.96 bits per heavy atom. The number of nitrogens with one attached hydrogen (secondary N) is 2. The fourth-order valence-corrected chi connectivity index (χ4v) is 2.81. The Balaban J connectivity index is 1.55. The number of aryl methyl sites for hydroxylation is 1. The van der Waals surface area contributed by atoms with Crippen molar-refractivity contribution < 1.29 is 13.6 Å². The number of amides is 1. The van der Waals surface area contributed by atoms with Gasteiger partial charge >= 0.3 is 0 Å². The van der Waals surface area contributed by atoms with Crippen molar-refractivity contribution in [1.29, 1.82) is 0 Å². The molecule has 0 bridgehead atoms. The lowest BCUT2D eigenvalue weighted by Crippen LogP contribution is -2.34. The number of nitrogens with zero attached hydrogens (tertiary/aromatic N) is 1. The first-order valence-electron chi connectivity index (χ1n) is 8.22. The number of anilines is 1. The zero-order valence-electron chi connectivity index (χ0n) is 14.4. The number of aromatic nitrogens is 1. The van der Waals surface area contributed by atoms with Gasteiger partial charge < -0.3 is 14.2 Å². The Labute approximate surface area is 160 Å². The molecule has 4 rings (SSSR count). The Hall–Kier alpha value is -3.45. The highest BCUT2D eigenvalue weighted by molar-refractivity contribution is 7.80. The lowest BCUT2D eigenvalue weighted by Gasteiger charge is -2.12. The molecule has 0 spiro atoms. The maximum Gasteiger partial charge on any atom is 0.293 e. The summed E-state index contributed by atoms with van der Waals surface area (Å²) < 4.78 is 10.9. The van der Waals surface area contributed by atoms with E-state index in [1.165, 1.54) is 6.26 Å². The summed E-state index contributed by atoms with van der Waals surface area (Å²) in [6.07, 6.45) is 1.43. The van der Waals surface area contributed by atoms with E-state index < -0.39 is 5.91 Å². The molecule has 1 amide bonds. The molecule has 134 valence electrons. The molecule has 0 fully saturated rings. The fourth-order valence-electron chi connectivity index (χ4n) is 2.61. The van der Waals surface area contributed by atoms with E-state index in [1.54, 1.807) is 12.1 Å². The summed E-state index contributed by atoms with van der Waals surface area (Å²) in [6, 6.07) is 16.5. The molecule has 4 aromatic rings. The van der Waals surface area contributed by atoms with E-state index in [4.69, 9.17) is 21.1 Å². The molecule has 27 heavy (non-hydrogen) atoms. The first-order chi connectivity index (χ1) is 13.1. The van der Waals surface area contributed by atoms with Gasteiger partial charge in [0.2, 0.25) is 5.89 Å². The van der Waals surface area contributed by atoms with E-state index in [2.05, 4.69) is 15.6 Å². The number of hydrogen-bond acceptors (Lipinski definition) is 5. The third-order valence-electron chi connectivity index (χ3n) is 4.00. The smallest absolute Gasteiger partial charge is 0.293 e. The zero-order chi connectivity index (χ0) is 18.8. The largest absolute Gasteiger partial charge is 0.459 e. The predicted octanol–water partition coefficient (Wildman–Crippen LogP) is 4.52. The minimum Gasteiger partial charge on any atom is -0.459 e. The normalized spacial score (nSPS) is 10.7. The van der Waals surface area contributed by atoms with Crippen LogP contribution in [0.15, 0.2) is 69.7 Å². The second kappa shape index (κ2) is 7.05. The van der Waals surface area contributed by atoms with Crippen LogP contribution >= 0.6 is 12.2 Å². The van der Waals surface area contributed by atoms with Gasteiger partial charge in [-0.05, 0) is 61.1 Å². The Morgan fingerprint density at radius 1 is 1.11 bits per heavy atom. The van der Waals surface area contributed by atoms with Crippen LogP contribution in [0.3, 0.4) is 0 Å². The van der Waals surface area contributed by atoms with Crippen LogP contribution < -0.4 is 10.6 Å². The second-order valence-corrected chi connectivity index (χ2v) is 6.31. The van der Waals surface area contributed by atoms with Crippen LogP contribution in [-0.4, -0.2) is 16.0 Å². The third-order valence-corrected chi connectivity index (χ3v) is 4.20. The van der Waals surface area contributed by atoms with Crippen molar-refractivity contribution in [3.05, 3.63) is 72.2 Å². The summed E-state index contributed by atoms with van der Waals surface area (Å²) in [5.74, 6) is 0.297. The summed E-state index contributed by atoms with van der Waals surface area (Å²) in [7, 11) is 0. The summed E-state index contributed by atoms with van der Waals surface area (Å²) in [4.78, 5) is 16.5. The lowest BCUT2D eigenvalue weighted by atomic mass is 10.1. The maximum atomic E-state index is 12.0. The lowest BCUT2D eigenvalue weighted by molar-refractivity contribution is 0.0950. The van der Waals surface area contributed by atoms with Crippen LogP contribution in [-0.2, 0) is 0 Å². The van der Waals surface area contributed by atoms with E-state index in [0.29, 0.717) is 5.89 Å². The number of rotatable bonds is 3. The summed E-state index contributed by atoms with van der Waals surface area (Å²) in [5, 5.41) is 5.80. The fraction of sp³-hybridized carbons (Fsp3) is 0.0500. The van der Waals surface area contributed by atoms with Gasteiger partial charge in [0.15, 0.2) is 16.5 Å². The van der Waals surface area contributed by atoms with Crippen molar-refractivity contribution in [3.63, 3.8) is 0 Å². The number of para-hydroxylation sites is 2. The number of benzene rings is 2. The average molecular weight is 377 g/mol. The quantitative estimate of drug-likeness (QED) is 0.511. The van der Waals surface area contributed by atoms with Crippen LogP contribution in [0.1, 0.15) is 16.1 Å². The minimum absolute atomic E-state index is 0.175. The number of carbonyl (C=O) groups is 1. The highest BCUT2D eigenvalue weighted by atomic mass is 32.1. The third kappa shape index (κ3) is 3.58. The molecule has 0 saturated carbocycles. The predicted molar refractivity (Wildman–Crippen MR) is 107 cm³/mol. The summed E-state index contributed by atoms with van der Waals surface area (Å²) >= 11 is 5.23.